The average molecular weight is 530 g/mol. The molecule has 0 saturated heterocycles. The molecule has 1 N–H and O–H groups in total. The molecule has 0 spiro atoms. The van der Waals surface area contributed by atoms with Crippen molar-refractivity contribution in [3.63, 3.8) is 0 Å². The number of thioether (sulfide) groups is 1. The van der Waals surface area contributed by atoms with Gasteiger partial charge in [0.15, 0.2) is 0 Å². The fourth-order valence-electron chi connectivity index (χ4n) is 2.04. The molecule has 0 saturated carbocycles. The van der Waals surface area contributed by atoms with Crippen molar-refractivity contribution in [2.45, 2.75) is 11.6 Å². The minimum absolute atomic E-state index is 0.111. The molecule has 128 valence electrons. The van der Waals surface area contributed by atoms with E-state index in [0.29, 0.717) is 17.5 Å². The Bertz CT molecular complexity index is 870. The molecule has 8 heteroatoms. The van der Waals surface area contributed by atoms with E-state index in [9.17, 15) is 4.79 Å². The minimum atomic E-state index is -0.111. The summed E-state index contributed by atoms with van der Waals surface area (Å²) in [4.78, 5) is 12.0. The Labute approximate surface area is 171 Å². The number of carbonyl (C=O) groups is 1. The first-order chi connectivity index (χ1) is 12.1. The lowest BCUT2D eigenvalue weighted by molar-refractivity contribution is -0.113. The van der Waals surface area contributed by atoms with E-state index in [2.05, 4.69) is 54.0 Å². The Kier molecular flexibility index (Phi) is 6.49. The van der Waals surface area contributed by atoms with Gasteiger partial charge in [0, 0.05) is 13.7 Å². The first-order valence-electron chi connectivity index (χ1n) is 7.33. The summed E-state index contributed by atoms with van der Waals surface area (Å²) in [6.45, 7) is 0. The summed E-state index contributed by atoms with van der Waals surface area (Å²) in [5.41, 5.74) is 1.86. The average Bonchev–Trinajstić information content (AvgIpc) is 3.03. The molecule has 1 amide bonds. The minimum Gasteiger partial charge on any atom is -0.416 e. The number of amides is 1. The van der Waals surface area contributed by atoms with E-state index in [1.54, 1.807) is 0 Å². The highest BCUT2D eigenvalue weighted by Gasteiger charge is 2.10. The maximum absolute atomic E-state index is 12.0. The number of nitrogens with one attached hydrogen (secondary N) is 1. The predicted octanol–water partition coefficient (Wildman–Crippen LogP) is 4.76. The molecule has 0 radical (unpaired) electrons. The molecule has 1 heterocycles. The summed E-state index contributed by atoms with van der Waals surface area (Å²) in [5.74, 6) is 0.633. The van der Waals surface area contributed by atoms with Gasteiger partial charge in [-0.3, -0.25) is 4.79 Å². The van der Waals surface area contributed by atoms with Gasteiger partial charge in [-0.15, -0.1) is 10.2 Å². The van der Waals surface area contributed by atoms with Gasteiger partial charge >= 0.3 is 0 Å². The Morgan fingerprint density at radius 3 is 2.76 bits per heavy atom. The number of benzene rings is 2. The third kappa shape index (κ3) is 5.82. The van der Waals surface area contributed by atoms with Crippen molar-refractivity contribution in [3.05, 3.63) is 68.0 Å². The highest BCUT2D eigenvalue weighted by atomic mass is 127. The first-order valence-corrected chi connectivity index (χ1v) is 10.2. The molecular weight excluding hydrogens is 517 g/mol. The fourth-order valence-corrected chi connectivity index (χ4v) is 3.42. The van der Waals surface area contributed by atoms with E-state index in [-0.39, 0.29) is 11.7 Å². The quantitative estimate of drug-likeness (QED) is 0.368. The fraction of sp³-hybridized carbons (Fsp3) is 0.118. The van der Waals surface area contributed by atoms with Crippen LogP contribution in [0, 0.1) is 3.57 Å². The van der Waals surface area contributed by atoms with Crippen LogP contribution in [0.2, 0.25) is 0 Å². The first kappa shape index (κ1) is 18.4. The molecule has 3 rings (SSSR count). The zero-order valence-electron chi connectivity index (χ0n) is 12.9. The third-order valence-corrected chi connectivity index (χ3v) is 5.17. The molecule has 5 nitrogen and oxygen atoms in total. The number of hydrogen-bond acceptors (Lipinski definition) is 5. The largest absolute Gasteiger partial charge is 0.416 e. The van der Waals surface area contributed by atoms with Crippen molar-refractivity contribution in [2.24, 2.45) is 0 Å². The highest BCUT2D eigenvalue weighted by molar-refractivity contribution is 14.1. The molecule has 0 fully saturated rings. The second-order valence-electron chi connectivity index (χ2n) is 5.11. The van der Waals surface area contributed by atoms with Crippen molar-refractivity contribution in [1.29, 1.82) is 0 Å². The number of anilines is 1. The summed E-state index contributed by atoms with van der Waals surface area (Å²) in [6, 6.07) is 15.6. The van der Waals surface area contributed by atoms with Crippen LogP contribution < -0.4 is 5.32 Å². The van der Waals surface area contributed by atoms with E-state index < -0.39 is 0 Å². The summed E-state index contributed by atoms with van der Waals surface area (Å²) in [6.07, 6.45) is 0.565. The summed E-state index contributed by atoms with van der Waals surface area (Å²) >= 11 is 6.83. The normalized spacial score (nSPS) is 10.6. The van der Waals surface area contributed by atoms with Crippen LogP contribution in [0.4, 0.5) is 5.69 Å². The van der Waals surface area contributed by atoms with Gasteiger partial charge in [-0.1, -0.05) is 45.9 Å². The van der Waals surface area contributed by atoms with Crippen LogP contribution in [0.1, 0.15) is 11.5 Å². The zero-order chi connectivity index (χ0) is 17.6. The lowest BCUT2D eigenvalue weighted by Gasteiger charge is -2.04. The van der Waals surface area contributed by atoms with E-state index in [1.807, 2.05) is 48.5 Å². The maximum atomic E-state index is 12.0. The van der Waals surface area contributed by atoms with Crippen molar-refractivity contribution < 1.29 is 9.21 Å². The van der Waals surface area contributed by atoms with Crippen LogP contribution in [-0.2, 0) is 11.2 Å². The summed E-state index contributed by atoms with van der Waals surface area (Å²) < 4.78 is 7.68. The predicted molar refractivity (Wildman–Crippen MR) is 110 cm³/mol. The Morgan fingerprint density at radius 2 is 2.00 bits per heavy atom. The number of nitrogens with zero attached hydrogens (tertiary/aromatic N) is 2. The SMILES string of the molecule is O=C(CSc1nnc(Cc2ccc(Br)cc2)o1)Nc1cccc(I)c1. The van der Waals surface area contributed by atoms with Crippen LogP contribution in [0.3, 0.4) is 0 Å². The summed E-state index contributed by atoms with van der Waals surface area (Å²) in [7, 11) is 0. The number of halogens is 2. The van der Waals surface area contributed by atoms with Gasteiger partial charge in [-0.25, -0.2) is 0 Å². The van der Waals surface area contributed by atoms with Crippen molar-refractivity contribution in [1.82, 2.24) is 10.2 Å². The summed E-state index contributed by atoms with van der Waals surface area (Å²) in [5, 5.41) is 11.2. The molecule has 1 aromatic heterocycles. The lowest BCUT2D eigenvalue weighted by Crippen LogP contribution is -2.14. The molecule has 2 aromatic carbocycles. The lowest BCUT2D eigenvalue weighted by atomic mass is 10.2. The van der Waals surface area contributed by atoms with Crippen molar-refractivity contribution in [3.8, 4) is 0 Å². The van der Waals surface area contributed by atoms with Gasteiger partial charge in [0.05, 0.1) is 12.2 Å². The van der Waals surface area contributed by atoms with Gasteiger partial charge < -0.3 is 9.73 Å². The highest BCUT2D eigenvalue weighted by Crippen LogP contribution is 2.19. The topological polar surface area (TPSA) is 68.0 Å². The van der Waals surface area contributed by atoms with E-state index >= 15 is 0 Å². The van der Waals surface area contributed by atoms with Gasteiger partial charge in [-0.05, 0) is 58.5 Å². The van der Waals surface area contributed by atoms with Gasteiger partial charge in [0.1, 0.15) is 0 Å². The second kappa shape index (κ2) is 8.81. The third-order valence-electron chi connectivity index (χ3n) is 3.15. The van der Waals surface area contributed by atoms with Crippen molar-refractivity contribution in [2.75, 3.05) is 11.1 Å². The molecule has 3 aromatic rings. The van der Waals surface area contributed by atoms with E-state index in [4.69, 9.17) is 4.42 Å². The van der Waals surface area contributed by atoms with Crippen LogP contribution in [-0.4, -0.2) is 21.9 Å². The van der Waals surface area contributed by atoms with Gasteiger partial charge in [0.25, 0.3) is 5.22 Å². The Balaban J connectivity index is 1.51. The molecule has 0 atom stereocenters. The number of hydrogen-bond donors (Lipinski definition) is 1. The monoisotopic (exact) mass is 529 g/mol. The second-order valence-corrected chi connectivity index (χ2v) is 8.20. The van der Waals surface area contributed by atoms with E-state index in [1.165, 1.54) is 11.8 Å². The molecule has 0 bridgehead atoms. The van der Waals surface area contributed by atoms with Gasteiger partial charge in [0.2, 0.25) is 11.8 Å². The van der Waals surface area contributed by atoms with Crippen LogP contribution in [0.5, 0.6) is 0 Å². The number of carbonyl (C=O) groups excluding carboxylic acids is 1. The smallest absolute Gasteiger partial charge is 0.277 e. The van der Waals surface area contributed by atoms with E-state index in [0.717, 1.165) is 19.3 Å². The van der Waals surface area contributed by atoms with Crippen LogP contribution >= 0.6 is 50.3 Å². The zero-order valence-corrected chi connectivity index (χ0v) is 17.5. The van der Waals surface area contributed by atoms with Crippen molar-refractivity contribution >= 4 is 61.9 Å². The number of rotatable bonds is 6. The maximum Gasteiger partial charge on any atom is 0.277 e. The van der Waals surface area contributed by atoms with Crippen LogP contribution in [0.25, 0.3) is 0 Å². The standard InChI is InChI=1S/C17H13BrIN3O2S/c18-12-6-4-11(5-7-12)8-16-21-22-17(24-16)25-10-15(23)20-14-3-1-2-13(19)9-14/h1-7,9H,8,10H2,(H,20,23). The molecule has 0 aliphatic carbocycles. The molecule has 25 heavy (non-hydrogen) atoms. The van der Waals surface area contributed by atoms with Crippen LogP contribution in [0.15, 0.2) is 62.6 Å². The van der Waals surface area contributed by atoms with Gasteiger partial charge in [-0.2, -0.15) is 0 Å². The molecular formula is C17H13BrIN3O2S. The Hall–Kier alpha value is -1.39. The number of aromatic nitrogens is 2. The molecule has 0 unspecified atom stereocenters. The molecule has 0 aliphatic heterocycles. The molecule has 0 aliphatic rings. The Morgan fingerprint density at radius 1 is 1.20 bits per heavy atom.